The van der Waals surface area contributed by atoms with Gasteiger partial charge in [0.2, 0.25) is 0 Å². The average Bonchev–Trinajstić information content (AvgIpc) is 2.38. The molecular weight excluding hydrogens is 248 g/mol. The minimum absolute atomic E-state index is 0.0966. The Morgan fingerprint density at radius 1 is 1.11 bits per heavy atom. The standard InChI is InChI=1S/C15H11F2NO/c1-10-3-2-4-11(7-10)12-5-6-14(19-15(16)17)13(8-12)9-18/h2-8,15H,1H3. The average molecular weight is 259 g/mol. The number of aryl methyl sites for hydroxylation is 1. The van der Waals surface area contributed by atoms with Gasteiger partial charge in [-0.15, -0.1) is 0 Å². The lowest BCUT2D eigenvalue weighted by Crippen LogP contribution is -2.03. The molecule has 2 rings (SSSR count). The first-order valence-electron chi connectivity index (χ1n) is 5.66. The summed E-state index contributed by atoms with van der Waals surface area (Å²) in [4.78, 5) is 0. The van der Waals surface area contributed by atoms with Gasteiger partial charge >= 0.3 is 6.61 Å². The SMILES string of the molecule is Cc1cccc(-c2ccc(OC(F)F)c(C#N)c2)c1. The highest BCUT2D eigenvalue weighted by Crippen LogP contribution is 2.27. The van der Waals surface area contributed by atoms with Gasteiger partial charge in [0.05, 0.1) is 5.56 Å². The molecule has 0 spiro atoms. The first-order valence-corrected chi connectivity index (χ1v) is 5.66. The van der Waals surface area contributed by atoms with Gasteiger partial charge in [-0.1, -0.05) is 35.9 Å². The Labute approximate surface area is 109 Å². The van der Waals surface area contributed by atoms with E-state index in [1.54, 1.807) is 12.1 Å². The Morgan fingerprint density at radius 2 is 1.84 bits per heavy atom. The molecule has 19 heavy (non-hydrogen) atoms. The number of hydrogen-bond acceptors (Lipinski definition) is 2. The Bertz CT molecular complexity index is 632. The third-order valence-corrected chi connectivity index (χ3v) is 2.67. The van der Waals surface area contributed by atoms with E-state index in [1.165, 1.54) is 6.07 Å². The van der Waals surface area contributed by atoms with Crippen LogP contribution in [0.3, 0.4) is 0 Å². The van der Waals surface area contributed by atoms with Crippen LogP contribution in [-0.4, -0.2) is 6.61 Å². The van der Waals surface area contributed by atoms with Gasteiger partial charge in [0.25, 0.3) is 0 Å². The quantitative estimate of drug-likeness (QED) is 0.830. The first-order chi connectivity index (χ1) is 9.10. The molecule has 2 aromatic rings. The molecule has 0 aliphatic heterocycles. The molecule has 0 N–H and O–H groups in total. The molecular formula is C15H11F2NO. The van der Waals surface area contributed by atoms with E-state index in [9.17, 15) is 8.78 Å². The Morgan fingerprint density at radius 3 is 2.47 bits per heavy atom. The van der Waals surface area contributed by atoms with E-state index in [4.69, 9.17) is 5.26 Å². The molecule has 0 bridgehead atoms. The van der Waals surface area contributed by atoms with Crippen molar-refractivity contribution in [3.63, 3.8) is 0 Å². The number of alkyl halides is 2. The van der Waals surface area contributed by atoms with E-state index < -0.39 is 6.61 Å². The van der Waals surface area contributed by atoms with Gasteiger partial charge in [-0.2, -0.15) is 14.0 Å². The van der Waals surface area contributed by atoms with Crippen LogP contribution in [0.1, 0.15) is 11.1 Å². The lowest BCUT2D eigenvalue weighted by molar-refractivity contribution is -0.0500. The molecule has 0 fully saturated rings. The number of rotatable bonds is 3. The van der Waals surface area contributed by atoms with Crippen LogP contribution < -0.4 is 4.74 Å². The van der Waals surface area contributed by atoms with E-state index >= 15 is 0 Å². The fraction of sp³-hybridized carbons (Fsp3) is 0.133. The molecule has 0 atom stereocenters. The zero-order chi connectivity index (χ0) is 13.8. The summed E-state index contributed by atoms with van der Waals surface area (Å²) in [7, 11) is 0. The Balaban J connectivity index is 2.42. The summed E-state index contributed by atoms with van der Waals surface area (Å²) in [6.07, 6.45) is 0. The number of nitriles is 1. The third-order valence-electron chi connectivity index (χ3n) is 2.67. The Kier molecular flexibility index (Phi) is 3.76. The molecule has 0 aliphatic carbocycles. The zero-order valence-electron chi connectivity index (χ0n) is 10.2. The summed E-state index contributed by atoms with van der Waals surface area (Å²) in [6.45, 7) is -0.972. The van der Waals surface area contributed by atoms with Crippen LogP contribution in [-0.2, 0) is 0 Å². The van der Waals surface area contributed by atoms with Crippen molar-refractivity contribution in [2.24, 2.45) is 0 Å². The molecule has 0 amide bonds. The summed E-state index contributed by atoms with van der Waals surface area (Å²) in [5.41, 5.74) is 2.91. The molecule has 0 saturated heterocycles. The van der Waals surface area contributed by atoms with Crippen LogP contribution in [0.4, 0.5) is 8.78 Å². The molecule has 0 radical (unpaired) electrons. The maximum atomic E-state index is 12.2. The number of halogens is 2. The van der Waals surface area contributed by atoms with Gasteiger partial charge in [-0.05, 0) is 30.2 Å². The van der Waals surface area contributed by atoms with Crippen LogP contribution in [0.25, 0.3) is 11.1 Å². The number of benzene rings is 2. The summed E-state index contributed by atoms with van der Waals surface area (Å²) < 4.78 is 28.7. The van der Waals surface area contributed by atoms with Crippen molar-refractivity contribution in [3.8, 4) is 22.9 Å². The molecule has 96 valence electrons. The maximum Gasteiger partial charge on any atom is 0.387 e. The second kappa shape index (κ2) is 5.49. The van der Waals surface area contributed by atoms with Crippen LogP contribution in [0.5, 0.6) is 5.75 Å². The second-order valence-corrected chi connectivity index (χ2v) is 4.07. The fourth-order valence-electron chi connectivity index (χ4n) is 1.82. The molecule has 0 unspecified atom stereocenters. The van der Waals surface area contributed by atoms with Gasteiger partial charge in [0, 0.05) is 0 Å². The number of ether oxygens (including phenoxy) is 1. The summed E-state index contributed by atoms with van der Waals surface area (Å²) >= 11 is 0. The minimum Gasteiger partial charge on any atom is -0.433 e. The smallest absolute Gasteiger partial charge is 0.387 e. The summed E-state index contributed by atoms with van der Waals surface area (Å²) in [5, 5.41) is 8.98. The third kappa shape index (κ3) is 3.08. The first kappa shape index (κ1) is 13.0. The van der Waals surface area contributed by atoms with Crippen molar-refractivity contribution >= 4 is 0 Å². The summed E-state index contributed by atoms with van der Waals surface area (Å²) in [5.74, 6) is -0.103. The largest absolute Gasteiger partial charge is 0.433 e. The van der Waals surface area contributed by atoms with E-state index in [-0.39, 0.29) is 11.3 Å². The molecule has 0 heterocycles. The second-order valence-electron chi connectivity index (χ2n) is 4.07. The van der Waals surface area contributed by atoms with Crippen molar-refractivity contribution < 1.29 is 13.5 Å². The van der Waals surface area contributed by atoms with Crippen molar-refractivity contribution in [2.45, 2.75) is 13.5 Å². The van der Waals surface area contributed by atoms with Crippen LogP contribution in [0.15, 0.2) is 42.5 Å². The number of hydrogen-bond donors (Lipinski definition) is 0. The highest BCUT2D eigenvalue weighted by atomic mass is 19.3. The zero-order valence-corrected chi connectivity index (χ0v) is 10.2. The molecule has 0 saturated carbocycles. The molecule has 2 nitrogen and oxygen atoms in total. The van der Waals surface area contributed by atoms with Gasteiger partial charge in [-0.3, -0.25) is 0 Å². The fourth-order valence-corrected chi connectivity index (χ4v) is 1.82. The van der Waals surface area contributed by atoms with E-state index in [0.29, 0.717) is 0 Å². The molecule has 0 aromatic heterocycles. The van der Waals surface area contributed by atoms with Gasteiger partial charge in [0.15, 0.2) is 0 Å². The van der Waals surface area contributed by atoms with Crippen molar-refractivity contribution in [2.75, 3.05) is 0 Å². The predicted octanol–water partition coefficient (Wildman–Crippen LogP) is 4.14. The van der Waals surface area contributed by atoms with Crippen LogP contribution >= 0.6 is 0 Å². The van der Waals surface area contributed by atoms with E-state index in [0.717, 1.165) is 16.7 Å². The normalized spacial score (nSPS) is 10.3. The van der Waals surface area contributed by atoms with Crippen molar-refractivity contribution in [1.29, 1.82) is 5.26 Å². The topological polar surface area (TPSA) is 33.0 Å². The van der Waals surface area contributed by atoms with E-state index in [1.807, 2.05) is 37.3 Å². The highest BCUT2D eigenvalue weighted by Gasteiger charge is 2.10. The van der Waals surface area contributed by atoms with Crippen molar-refractivity contribution in [1.82, 2.24) is 0 Å². The Hall–Kier alpha value is -2.41. The number of nitrogens with zero attached hydrogens (tertiary/aromatic N) is 1. The molecule has 4 heteroatoms. The van der Waals surface area contributed by atoms with Gasteiger partial charge in [-0.25, -0.2) is 0 Å². The van der Waals surface area contributed by atoms with Crippen LogP contribution in [0, 0.1) is 18.3 Å². The molecule has 0 aliphatic rings. The highest BCUT2D eigenvalue weighted by molar-refractivity contribution is 5.67. The van der Waals surface area contributed by atoms with Crippen LogP contribution in [0.2, 0.25) is 0 Å². The summed E-state index contributed by atoms with van der Waals surface area (Å²) in [6, 6.07) is 14.2. The van der Waals surface area contributed by atoms with Crippen molar-refractivity contribution in [3.05, 3.63) is 53.6 Å². The van der Waals surface area contributed by atoms with Gasteiger partial charge < -0.3 is 4.74 Å². The molecule has 2 aromatic carbocycles. The lowest BCUT2D eigenvalue weighted by Gasteiger charge is -2.08. The minimum atomic E-state index is -2.93. The van der Waals surface area contributed by atoms with Gasteiger partial charge in [0.1, 0.15) is 11.8 Å². The lowest BCUT2D eigenvalue weighted by atomic mass is 10.0. The predicted molar refractivity (Wildman–Crippen MR) is 68.0 cm³/mol. The maximum absolute atomic E-state index is 12.2. The monoisotopic (exact) mass is 259 g/mol. The van der Waals surface area contributed by atoms with E-state index in [2.05, 4.69) is 4.74 Å².